The third-order valence-electron chi connectivity index (χ3n) is 5.26. The van der Waals surface area contributed by atoms with Gasteiger partial charge in [-0.1, -0.05) is 35.3 Å². The molecule has 1 heterocycles. The molecule has 2 aromatic carbocycles. The Morgan fingerprint density at radius 2 is 1.41 bits per heavy atom. The van der Waals surface area contributed by atoms with Crippen LogP contribution in [0.1, 0.15) is 36.7 Å². The number of hydrogen-bond donors (Lipinski definition) is 0. The second kappa shape index (κ2) is 7.83. The number of amides is 1. The number of hydrogen-bond acceptors (Lipinski definition) is 2. The van der Waals surface area contributed by atoms with Crippen LogP contribution in [0.15, 0.2) is 36.4 Å². The van der Waals surface area contributed by atoms with Gasteiger partial charge >= 0.3 is 0 Å². The van der Waals surface area contributed by atoms with Gasteiger partial charge < -0.3 is 4.90 Å². The van der Waals surface area contributed by atoms with E-state index < -0.39 is 0 Å². The van der Waals surface area contributed by atoms with E-state index in [-0.39, 0.29) is 11.4 Å². The Kier molecular flexibility index (Phi) is 5.85. The number of halogens is 2. The molecule has 0 aromatic heterocycles. The Hall–Kier alpha value is -1.55. The summed E-state index contributed by atoms with van der Waals surface area (Å²) in [4.78, 5) is 17.2. The molecular weight excluding hydrogens is 379 g/mol. The number of piperazine rings is 1. The van der Waals surface area contributed by atoms with Crippen LogP contribution in [0.4, 0.5) is 0 Å². The molecule has 144 valence electrons. The predicted molar refractivity (Wildman–Crippen MR) is 114 cm³/mol. The van der Waals surface area contributed by atoms with Gasteiger partial charge in [0.1, 0.15) is 0 Å². The van der Waals surface area contributed by atoms with Crippen LogP contribution in [0.5, 0.6) is 0 Å². The molecule has 3 rings (SSSR count). The summed E-state index contributed by atoms with van der Waals surface area (Å²) >= 11 is 12.5. The number of benzene rings is 2. The van der Waals surface area contributed by atoms with Crippen molar-refractivity contribution in [1.29, 1.82) is 0 Å². The van der Waals surface area contributed by atoms with E-state index in [0.29, 0.717) is 15.6 Å². The van der Waals surface area contributed by atoms with Crippen LogP contribution in [-0.2, 0) is 0 Å². The minimum atomic E-state index is 0.0927. The highest BCUT2D eigenvalue weighted by Crippen LogP contribution is 2.31. The molecule has 3 nitrogen and oxygen atoms in total. The molecule has 1 aliphatic rings. The lowest BCUT2D eigenvalue weighted by atomic mass is 10.0. The number of carbonyl (C=O) groups is 1. The van der Waals surface area contributed by atoms with Crippen LogP contribution in [0.3, 0.4) is 0 Å². The third kappa shape index (κ3) is 4.48. The summed E-state index contributed by atoms with van der Waals surface area (Å²) in [6.07, 6.45) is 0. The van der Waals surface area contributed by atoms with E-state index in [0.717, 1.165) is 42.9 Å². The third-order valence-corrected chi connectivity index (χ3v) is 6.05. The standard InChI is InChI=1S/C22H26Cl2N2O/c1-15-19(23)13-18(14-20(15)24)16-5-7-17(8-6-16)21(27)25-9-11-26(12-10-25)22(2,3)4/h5-8,13-14H,9-12H2,1-4H3. The van der Waals surface area contributed by atoms with Crippen LogP contribution in [0, 0.1) is 6.92 Å². The first-order valence-corrected chi connectivity index (χ1v) is 10.0. The first-order valence-electron chi connectivity index (χ1n) is 9.27. The Morgan fingerprint density at radius 3 is 1.89 bits per heavy atom. The van der Waals surface area contributed by atoms with Crippen LogP contribution in [-0.4, -0.2) is 47.4 Å². The van der Waals surface area contributed by atoms with E-state index in [1.807, 2.05) is 48.2 Å². The van der Waals surface area contributed by atoms with Gasteiger partial charge in [-0.15, -0.1) is 0 Å². The first kappa shape index (κ1) is 20.2. The van der Waals surface area contributed by atoms with Gasteiger partial charge in [-0.05, 0) is 68.7 Å². The molecule has 0 aliphatic carbocycles. The topological polar surface area (TPSA) is 23.6 Å². The molecule has 1 aliphatic heterocycles. The smallest absolute Gasteiger partial charge is 0.253 e. The Bertz CT molecular complexity index is 809. The summed E-state index contributed by atoms with van der Waals surface area (Å²) in [5.74, 6) is 0.0927. The monoisotopic (exact) mass is 404 g/mol. The van der Waals surface area contributed by atoms with Gasteiger partial charge in [0, 0.05) is 47.3 Å². The average molecular weight is 405 g/mol. The van der Waals surface area contributed by atoms with Crippen LogP contribution >= 0.6 is 23.2 Å². The zero-order valence-electron chi connectivity index (χ0n) is 16.4. The van der Waals surface area contributed by atoms with Crippen molar-refractivity contribution in [2.75, 3.05) is 26.2 Å². The van der Waals surface area contributed by atoms with Gasteiger partial charge in [-0.2, -0.15) is 0 Å². The van der Waals surface area contributed by atoms with E-state index in [4.69, 9.17) is 23.2 Å². The van der Waals surface area contributed by atoms with Gasteiger partial charge in [0.05, 0.1) is 0 Å². The Balaban J connectivity index is 1.72. The number of nitrogens with zero attached hydrogens (tertiary/aromatic N) is 2. The normalized spacial score (nSPS) is 15.9. The summed E-state index contributed by atoms with van der Waals surface area (Å²) in [6, 6.07) is 11.5. The predicted octanol–water partition coefficient (Wildman–Crippen LogP) is 5.53. The maximum atomic E-state index is 12.8. The minimum absolute atomic E-state index is 0.0927. The quantitative estimate of drug-likeness (QED) is 0.656. The summed E-state index contributed by atoms with van der Waals surface area (Å²) in [5.41, 5.74) is 3.68. The number of carbonyl (C=O) groups excluding carboxylic acids is 1. The van der Waals surface area contributed by atoms with Gasteiger partial charge in [0.25, 0.3) is 5.91 Å². The highest BCUT2D eigenvalue weighted by molar-refractivity contribution is 6.36. The highest BCUT2D eigenvalue weighted by Gasteiger charge is 2.28. The highest BCUT2D eigenvalue weighted by atomic mass is 35.5. The average Bonchev–Trinajstić information content (AvgIpc) is 2.64. The molecular formula is C22H26Cl2N2O. The summed E-state index contributed by atoms with van der Waals surface area (Å²) < 4.78 is 0. The fourth-order valence-electron chi connectivity index (χ4n) is 3.38. The molecule has 0 atom stereocenters. The van der Waals surface area contributed by atoms with Crippen molar-refractivity contribution >= 4 is 29.1 Å². The molecule has 27 heavy (non-hydrogen) atoms. The van der Waals surface area contributed by atoms with E-state index in [1.54, 1.807) is 0 Å². The zero-order chi connectivity index (χ0) is 19.8. The first-order chi connectivity index (χ1) is 12.7. The largest absolute Gasteiger partial charge is 0.336 e. The molecule has 0 radical (unpaired) electrons. The molecule has 2 aromatic rings. The summed E-state index contributed by atoms with van der Waals surface area (Å²) in [6.45, 7) is 11.9. The van der Waals surface area contributed by atoms with Crippen molar-refractivity contribution < 1.29 is 4.79 Å². The molecule has 0 saturated carbocycles. The molecule has 0 N–H and O–H groups in total. The molecule has 1 fully saturated rings. The van der Waals surface area contributed by atoms with Crippen molar-refractivity contribution in [1.82, 2.24) is 9.80 Å². The minimum Gasteiger partial charge on any atom is -0.336 e. The van der Waals surface area contributed by atoms with Gasteiger partial charge in [0.15, 0.2) is 0 Å². The SMILES string of the molecule is Cc1c(Cl)cc(-c2ccc(C(=O)N3CCN(C(C)(C)C)CC3)cc2)cc1Cl. The lowest BCUT2D eigenvalue weighted by Crippen LogP contribution is -2.54. The van der Waals surface area contributed by atoms with Crippen molar-refractivity contribution in [2.24, 2.45) is 0 Å². The van der Waals surface area contributed by atoms with Gasteiger partial charge in [-0.25, -0.2) is 0 Å². The Morgan fingerprint density at radius 1 is 0.889 bits per heavy atom. The van der Waals surface area contributed by atoms with Crippen molar-refractivity contribution in [3.8, 4) is 11.1 Å². The van der Waals surface area contributed by atoms with E-state index in [9.17, 15) is 4.79 Å². The molecule has 1 amide bonds. The molecule has 1 saturated heterocycles. The van der Waals surface area contributed by atoms with Crippen LogP contribution < -0.4 is 0 Å². The number of rotatable bonds is 2. The molecule has 0 spiro atoms. The molecule has 5 heteroatoms. The molecule has 0 unspecified atom stereocenters. The Labute approximate surface area is 171 Å². The van der Waals surface area contributed by atoms with E-state index in [2.05, 4.69) is 25.7 Å². The summed E-state index contributed by atoms with van der Waals surface area (Å²) in [5, 5.41) is 1.30. The lowest BCUT2D eigenvalue weighted by Gasteiger charge is -2.42. The fraction of sp³-hybridized carbons (Fsp3) is 0.409. The fourth-order valence-corrected chi connectivity index (χ4v) is 3.87. The zero-order valence-corrected chi connectivity index (χ0v) is 17.9. The summed E-state index contributed by atoms with van der Waals surface area (Å²) in [7, 11) is 0. The lowest BCUT2D eigenvalue weighted by molar-refractivity contribution is 0.0451. The molecule has 0 bridgehead atoms. The van der Waals surface area contributed by atoms with Crippen molar-refractivity contribution in [3.63, 3.8) is 0 Å². The van der Waals surface area contributed by atoms with E-state index in [1.165, 1.54) is 0 Å². The van der Waals surface area contributed by atoms with Crippen molar-refractivity contribution in [3.05, 3.63) is 57.6 Å². The second-order valence-electron chi connectivity index (χ2n) is 8.09. The van der Waals surface area contributed by atoms with Gasteiger partial charge in [-0.3, -0.25) is 9.69 Å². The van der Waals surface area contributed by atoms with Crippen molar-refractivity contribution in [2.45, 2.75) is 33.2 Å². The van der Waals surface area contributed by atoms with Crippen LogP contribution in [0.2, 0.25) is 10.0 Å². The van der Waals surface area contributed by atoms with Gasteiger partial charge in [0.2, 0.25) is 0 Å². The maximum Gasteiger partial charge on any atom is 0.253 e. The maximum absolute atomic E-state index is 12.8. The van der Waals surface area contributed by atoms with Crippen LogP contribution in [0.25, 0.3) is 11.1 Å². The van der Waals surface area contributed by atoms with E-state index >= 15 is 0 Å². The second-order valence-corrected chi connectivity index (χ2v) is 8.91.